The summed E-state index contributed by atoms with van der Waals surface area (Å²) in [5, 5.41) is 10.8. The number of rotatable bonds is 7. The van der Waals surface area contributed by atoms with E-state index in [1.54, 1.807) is 6.07 Å². The normalized spacial score (nSPS) is 16.9. The molecule has 0 saturated carbocycles. The number of hydrogen-bond donors (Lipinski definition) is 2. The average Bonchev–Trinajstić information content (AvgIpc) is 2.69. The molecule has 2 aromatic carbocycles. The first-order valence-electron chi connectivity index (χ1n) is 10.2. The smallest absolute Gasteiger partial charge is 0.398 e. The molecule has 0 unspecified atom stereocenters. The van der Waals surface area contributed by atoms with Crippen LogP contribution in [0, 0.1) is 5.82 Å². The summed E-state index contributed by atoms with van der Waals surface area (Å²) in [6.45, 7) is 1.86. The van der Waals surface area contributed by atoms with Gasteiger partial charge in [-0.05, 0) is 55.6 Å². The predicted octanol–water partition coefficient (Wildman–Crippen LogP) is 4.46. The molecule has 1 aliphatic heterocycles. The van der Waals surface area contributed by atoms with Crippen molar-refractivity contribution in [3.05, 3.63) is 65.0 Å². The fraction of sp³-hybridized carbons (Fsp3) is 0.435. The largest absolute Gasteiger partial charge is 0.416 e. The van der Waals surface area contributed by atoms with E-state index in [9.17, 15) is 27.5 Å². The molecule has 0 aliphatic carbocycles. The lowest BCUT2D eigenvalue weighted by molar-refractivity contribution is -0.137. The first kappa shape index (κ1) is 23.2. The summed E-state index contributed by atoms with van der Waals surface area (Å²) >= 11 is 0. The van der Waals surface area contributed by atoms with Crippen LogP contribution in [-0.2, 0) is 12.6 Å². The van der Waals surface area contributed by atoms with Crippen molar-refractivity contribution in [3.8, 4) is 0 Å². The second-order valence-corrected chi connectivity index (χ2v) is 8.20. The Labute approximate surface area is 178 Å². The van der Waals surface area contributed by atoms with Gasteiger partial charge in [-0.3, -0.25) is 4.79 Å². The summed E-state index contributed by atoms with van der Waals surface area (Å²) < 4.78 is 51.8. The van der Waals surface area contributed by atoms with E-state index >= 15 is 0 Å². The fourth-order valence-corrected chi connectivity index (χ4v) is 3.99. The van der Waals surface area contributed by atoms with E-state index < -0.39 is 23.2 Å². The number of nitrogen functional groups attached to an aromatic ring is 1. The lowest BCUT2D eigenvalue weighted by Crippen LogP contribution is -2.46. The van der Waals surface area contributed by atoms with Crippen LogP contribution in [0.2, 0.25) is 0 Å². The second kappa shape index (κ2) is 9.36. The van der Waals surface area contributed by atoms with Gasteiger partial charge in [0.1, 0.15) is 5.82 Å². The van der Waals surface area contributed by atoms with E-state index in [1.807, 2.05) is 0 Å². The van der Waals surface area contributed by atoms with Crippen LogP contribution in [0.3, 0.4) is 0 Å². The summed E-state index contributed by atoms with van der Waals surface area (Å²) in [5.74, 6) is -0.629. The van der Waals surface area contributed by atoms with Crippen molar-refractivity contribution in [2.45, 2.75) is 43.9 Å². The summed E-state index contributed by atoms with van der Waals surface area (Å²) in [6, 6.07) is 8.81. The monoisotopic (exact) mass is 438 g/mol. The maximum absolute atomic E-state index is 13.1. The molecule has 4 nitrogen and oxygen atoms in total. The number of alkyl halides is 3. The molecule has 0 atom stereocenters. The number of Topliss-reactive ketones (excluding diaryl/α,β-unsaturated/α-hetero) is 1. The minimum absolute atomic E-state index is 0.127. The summed E-state index contributed by atoms with van der Waals surface area (Å²) in [5.41, 5.74) is 4.86. The van der Waals surface area contributed by atoms with Crippen LogP contribution in [-0.4, -0.2) is 41.0 Å². The molecule has 31 heavy (non-hydrogen) atoms. The second-order valence-electron chi connectivity index (χ2n) is 8.20. The van der Waals surface area contributed by atoms with Crippen molar-refractivity contribution in [2.24, 2.45) is 0 Å². The van der Waals surface area contributed by atoms with Crippen LogP contribution in [0.15, 0.2) is 42.5 Å². The van der Waals surface area contributed by atoms with Crippen LogP contribution >= 0.6 is 0 Å². The number of piperidine rings is 1. The van der Waals surface area contributed by atoms with Gasteiger partial charge in [0.05, 0.1) is 11.2 Å². The van der Waals surface area contributed by atoms with E-state index in [0.717, 1.165) is 18.2 Å². The topological polar surface area (TPSA) is 66.6 Å². The van der Waals surface area contributed by atoms with Gasteiger partial charge in [-0.25, -0.2) is 4.39 Å². The third kappa shape index (κ3) is 6.27. The summed E-state index contributed by atoms with van der Waals surface area (Å²) in [4.78, 5) is 14.4. The highest BCUT2D eigenvalue weighted by atomic mass is 19.4. The number of ketones is 1. The van der Waals surface area contributed by atoms with Crippen LogP contribution in [0.5, 0.6) is 0 Å². The molecule has 1 aliphatic rings. The van der Waals surface area contributed by atoms with Gasteiger partial charge in [0.25, 0.3) is 0 Å². The zero-order chi connectivity index (χ0) is 22.6. The number of anilines is 1. The number of hydrogen-bond acceptors (Lipinski definition) is 4. The highest BCUT2D eigenvalue weighted by Crippen LogP contribution is 2.32. The lowest BCUT2D eigenvalue weighted by atomic mass is 9.85. The molecule has 0 aromatic heterocycles. The minimum atomic E-state index is -4.40. The Morgan fingerprint density at radius 3 is 2.48 bits per heavy atom. The predicted molar refractivity (Wildman–Crippen MR) is 110 cm³/mol. The Hall–Kier alpha value is -2.45. The number of nitrogens with zero attached hydrogens (tertiary/aromatic N) is 1. The van der Waals surface area contributed by atoms with Gasteiger partial charge in [-0.2, -0.15) is 13.2 Å². The Kier molecular flexibility index (Phi) is 7.01. The van der Waals surface area contributed by atoms with Crippen LogP contribution in [0.4, 0.5) is 23.2 Å². The Bertz CT molecular complexity index is 922. The highest BCUT2D eigenvalue weighted by molar-refractivity contribution is 6.00. The van der Waals surface area contributed by atoms with Crippen LogP contribution in [0.25, 0.3) is 0 Å². The maximum Gasteiger partial charge on any atom is 0.416 e. The Morgan fingerprint density at radius 1 is 1.13 bits per heavy atom. The minimum Gasteiger partial charge on any atom is -0.398 e. The zero-order valence-electron chi connectivity index (χ0n) is 17.1. The van der Waals surface area contributed by atoms with Crippen molar-refractivity contribution in [2.75, 3.05) is 25.4 Å². The first-order chi connectivity index (χ1) is 14.6. The van der Waals surface area contributed by atoms with Crippen molar-refractivity contribution in [3.63, 3.8) is 0 Å². The van der Waals surface area contributed by atoms with E-state index in [4.69, 9.17) is 5.73 Å². The van der Waals surface area contributed by atoms with E-state index in [-0.39, 0.29) is 24.3 Å². The van der Waals surface area contributed by atoms with Gasteiger partial charge >= 0.3 is 6.18 Å². The van der Waals surface area contributed by atoms with Crippen molar-refractivity contribution >= 4 is 11.5 Å². The number of carbonyl (C=O) groups is 1. The Morgan fingerprint density at radius 2 is 1.84 bits per heavy atom. The number of benzene rings is 2. The van der Waals surface area contributed by atoms with Crippen molar-refractivity contribution in [1.29, 1.82) is 0 Å². The van der Waals surface area contributed by atoms with Crippen molar-refractivity contribution < 1.29 is 27.5 Å². The third-order valence-corrected chi connectivity index (χ3v) is 5.77. The van der Waals surface area contributed by atoms with E-state index in [1.165, 1.54) is 18.2 Å². The van der Waals surface area contributed by atoms with E-state index in [2.05, 4.69) is 4.90 Å². The van der Waals surface area contributed by atoms with Gasteiger partial charge in [0, 0.05) is 37.2 Å². The quantitative estimate of drug-likeness (QED) is 0.381. The molecule has 0 radical (unpaired) electrons. The molecule has 3 rings (SSSR count). The average molecular weight is 438 g/mol. The molecule has 168 valence electrons. The SMILES string of the molecule is Nc1cc(F)ccc1C(=O)CCCN1CCC(O)(Cc2cccc(C(F)(F)F)c2)CC1. The maximum atomic E-state index is 13.1. The summed E-state index contributed by atoms with van der Waals surface area (Å²) in [7, 11) is 0. The standard InChI is InChI=1S/C23H26F4N2O2/c24-18-6-7-19(20(28)14-18)21(30)5-2-10-29-11-8-22(31,9-12-29)15-16-3-1-4-17(13-16)23(25,26)27/h1,3-4,6-7,13-14,31H,2,5,8-12,15,28H2. The molecule has 0 spiro atoms. The fourth-order valence-electron chi connectivity index (χ4n) is 3.99. The van der Waals surface area contributed by atoms with Crippen LogP contribution < -0.4 is 5.73 Å². The van der Waals surface area contributed by atoms with Gasteiger partial charge in [-0.15, -0.1) is 0 Å². The molecular formula is C23H26F4N2O2. The first-order valence-corrected chi connectivity index (χ1v) is 10.2. The molecule has 0 amide bonds. The number of aliphatic hydroxyl groups is 1. The summed E-state index contributed by atoms with van der Waals surface area (Å²) in [6.07, 6.45) is -2.46. The van der Waals surface area contributed by atoms with Gasteiger partial charge in [-0.1, -0.05) is 18.2 Å². The number of likely N-dealkylation sites (tertiary alicyclic amines) is 1. The lowest BCUT2D eigenvalue weighted by Gasteiger charge is -2.38. The van der Waals surface area contributed by atoms with Crippen molar-refractivity contribution in [1.82, 2.24) is 4.90 Å². The molecule has 1 heterocycles. The molecule has 2 aromatic rings. The number of nitrogens with two attached hydrogens (primary N) is 1. The Balaban J connectivity index is 1.46. The molecule has 8 heteroatoms. The van der Waals surface area contributed by atoms with Crippen LogP contribution in [0.1, 0.15) is 47.2 Å². The van der Waals surface area contributed by atoms with Gasteiger partial charge in [0.2, 0.25) is 0 Å². The molecule has 3 N–H and O–H groups in total. The number of halogens is 4. The zero-order valence-corrected chi connectivity index (χ0v) is 17.1. The third-order valence-electron chi connectivity index (χ3n) is 5.77. The molecule has 1 fully saturated rings. The molecular weight excluding hydrogens is 412 g/mol. The van der Waals surface area contributed by atoms with E-state index in [0.29, 0.717) is 50.0 Å². The number of carbonyl (C=O) groups excluding carboxylic acids is 1. The van der Waals surface area contributed by atoms with Gasteiger partial charge in [0.15, 0.2) is 5.78 Å². The highest BCUT2D eigenvalue weighted by Gasteiger charge is 2.34. The molecule has 1 saturated heterocycles. The molecule has 0 bridgehead atoms. The van der Waals surface area contributed by atoms with Gasteiger partial charge < -0.3 is 15.7 Å².